The van der Waals surface area contributed by atoms with Crippen LogP contribution in [0.25, 0.3) is 0 Å². The van der Waals surface area contributed by atoms with Crippen molar-refractivity contribution in [1.82, 2.24) is 0 Å². The maximum atomic E-state index is 8.74. The molecule has 15 heavy (non-hydrogen) atoms. The summed E-state index contributed by atoms with van der Waals surface area (Å²) in [5.74, 6) is 0. The Morgan fingerprint density at radius 2 is 1.47 bits per heavy atom. The van der Waals surface area contributed by atoms with Gasteiger partial charge in [0, 0.05) is 0 Å². The van der Waals surface area contributed by atoms with Crippen LogP contribution in [0.1, 0.15) is 26.2 Å². The third kappa shape index (κ3) is 45.5. The molecule has 0 radical (unpaired) electrons. The van der Waals surface area contributed by atoms with Crippen LogP contribution in [0.3, 0.4) is 0 Å². The van der Waals surface area contributed by atoms with Crippen molar-refractivity contribution in [2.45, 2.75) is 32.3 Å². The summed E-state index contributed by atoms with van der Waals surface area (Å²) in [6, 6.07) is 0. The minimum Gasteiger partial charge on any atom is -0.907 e. The summed E-state index contributed by atoms with van der Waals surface area (Å²) in [5.41, 5.74) is 0. The van der Waals surface area contributed by atoms with E-state index in [0.717, 1.165) is 19.3 Å². The van der Waals surface area contributed by atoms with E-state index in [4.69, 9.17) is 25.3 Å². The van der Waals surface area contributed by atoms with E-state index in [-0.39, 0.29) is 161 Å². The maximum Gasteiger partial charge on any atom is 1.00 e. The number of hydrogen-bond donors (Lipinski definition) is 2. The minimum absolute atomic E-state index is 0. The molecule has 0 aromatic rings. The Morgan fingerprint density at radius 1 is 1.13 bits per heavy atom. The molecule has 0 aliphatic heterocycles. The maximum absolute atomic E-state index is 8.74. The third-order valence-electron chi connectivity index (χ3n) is 1.10. The van der Waals surface area contributed by atoms with Gasteiger partial charge >= 0.3 is 154 Å². The van der Waals surface area contributed by atoms with Gasteiger partial charge in [0.15, 0.2) is 0 Å². The van der Waals surface area contributed by atoms with Gasteiger partial charge in [-0.05, 0) is 6.42 Å². The van der Waals surface area contributed by atoms with Crippen molar-refractivity contribution in [2.75, 3.05) is 6.61 Å². The van der Waals surface area contributed by atoms with Crippen molar-refractivity contribution in [2.24, 2.45) is 0 Å². The van der Waals surface area contributed by atoms with E-state index in [1.807, 2.05) is 0 Å². The molecule has 0 rings (SSSR count). The number of rotatable bonds is 4. The van der Waals surface area contributed by atoms with Crippen LogP contribution in [-0.2, 0) is 0 Å². The second-order valence-corrected chi connectivity index (χ2v) is 2.27. The first kappa shape index (κ1) is 31.9. The Bertz CT molecular complexity index is 88.4. The van der Waals surface area contributed by atoms with Gasteiger partial charge in [0.25, 0.3) is 0 Å². The van der Waals surface area contributed by atoms with Crippen LogP contribution in [-0.4, -0.2) is 30.2 Å². The monoisotopic (exact) mass is 294 g/mol. The molecule has 5 nitrogen and oxygen atoms in total. The van der Waals surface area contributed by atoms with E-state index in [9.17, 15) is 0 Å². The van der Waals surface area contributed by atoms with E-state index in [0.29, 0.717) is 0 Å². The van der Waals surface area contributed by atoms with Crippen LogP contribution >= 0.6 is 0 Å². The molecule has 0 aromatic carbocycles. The summed E-state index contributed by atoms with van der Waals surface area (Å²) in [6.45, 7) is 1.96. The van der Waals surface area contributed by atoms with Gasteiger partial charge < -0.3 is 25.3 Å². The minimum atomic E-state index is -2.92. The smallest absolute Gasteiger partial charge is 0.907 e. The molecule has 0 bridgehead atoms. The molecular formula is C6H14BK3O5. The van der Waals surface area contributed by atoms with Crippen LogP contribution in [0.4, 0.5) is 0 Å². The molecule has 1 atom stereocenters. The van der Waals surface area contributed by atoms with Crippen molar-refractivity contribution >= 4 is 7.32 Å². The Labute approximate surface area is 219 Å². The fourth-order valence-electron chi connectivity index (χ4n) is 0.531. The molecule has 0 saturated heterocycles. The molecule has 1 unspecified atom stereocenters. The van der Waals surface area contributed by atoms with Gasteiger partial charge in [-0.1, -0.05) is 19.8 Å². The SMILES string of the molecule is CCCCC(O)CO.[K+].[K+].[K+].[O-]B([O-])[O-]. The molecule has 0 saturated carbocycles. The molecule has 0 fully saturated rings. The van der Waals surface area contributed by atoms with Crippen LogP contribution in [0.2, 0.25) is 0 Å². The van der Waals surface area contributed by atoms with Crippen molar-refractivity contribution in [3.63, 3.8) is 0 Å². The average molecular weight is 294 g/mol. The number of hydrogen-bond acceptors (Lipinski definition) is 5. The Hall–Kier alpha value is 4.77. The Kier molecular flexibility index (Phi) is 57.8. The van der Waals surface area contributed by atoms with Gasteiger partial charge in [0.2, 0.25) is 0 Å². The topological polar surface area (TPSA) is 110 Å². The molecule has 0 aromatic heterocycles. The van der Waals surface area contributed by atoms with E-state index in [2.05, 4.69) is 6.92 Å². The quantitative estimate of drug-likeness (QED) is 0.500. The zero-order valence-corrected chi connectivity index (χ0v) is 19.5. The van der Waals surface area contributed by atoms with Crippen molar-refractivity contribution in [3.05, 3.63) is 0 Å². The molecule has 0 heterocycles. The fraction of sp³-hybridized carbons (Fsp3) is 1.00. The normalized spacial score (nSPS) is 9.20. The fourth-order valence-corrected chi connectivity index (χ4v) is 0.531. The van der Waals surface area contributed by atoms with E-state index in [1.165, 1.54) is 0 Å². The van der Waals surface area contributed by atoms with Gasteiger partial charge in [-0.25, -0.2) is 0 Å². The predicted octanol–water partition coefficient (Wildman–Crippen LogP) is -12.4. The average Bonchev–Trinajstić information content (AvgIpc) is 1.99. The van der Waals surface area contributed by atoms with E-state index >= 15 is 0 Å². The first-order valence-corrected chi connectivity index (χ1v) is 3.81. The summed E-state index contributed by atoms with van der Waals surface area (Å²) < 4.78 is 0. The van der Waals surface area contributed by atoms with Crippen LogP contribution in [0.5, 0.6) is 0 Å². The molecule has 74 valence electrons. The molecule has 0 aliphatic rings. The van der Waals surface area contributed by atoms with Gasteiger partial charge in [0.1, 0.15) is 0 Å². The van der Waals surface area contributed by atoms with E-state index in [1.54, 1.807) is 0 Å². The van der Waals surface area contributed by atoms with Gasteiger partial charge in [-0.15, -0.1) is 0 Å². The summed E-state index contributed by atoms with van der Waals surface area (Å²) in [5, 5.41) is 42.3. The van der Waals surface area contributed by atoms with Crippen LogP contribution < -0.4 is 169 Å². The largest absolute Gasteiger partial charge is 1.00 e. The second-order valence-electron chi connectivity index (χ2n) is 2.27. The number of aliphatic hydroxyl groups excluding tert-OH is 2. The Morgan fingerprint density at radius 3 is 1.67 bits per heavy atom. The van der Waals surface area contributed by atoms with Crippen LogP contribution in [0.15, 0.2) is 0 Å². The summed E-state index contributed by atoms with van der Waals surface area (Å²) in [6.07, 6.45) is 2.32. The number of aliphatic hydroxyl groups is 2. The zero-order valence-electron chi connectivity index (χ0n) is 10.1. The summed E-state index contributed by atoms with van der Waals surface area (Å²) in [7, 11) is -2.92. The molecule has 9 heteroatoms. The van der Waals surface area contributed by atoms with Gasteiger partial charge in [-0.3, -0.25) is 7.32 Å². The van der Waals surface area contributed by atoms with Gasteiger partial charge in [-0.2, -0.15) is 0 Å². The summed E-state index contributed by atoms with van der Waals surface area (Å²) >= 11 is 0. The van der Waals surface area contributed by atoms with Crippen molar-refractivity contribution < 1.29 is 179 Å². The first-order valence-electron chi connectivity index (χ1n) is 3.81. The zero-order chi connectivity index (χ0) is 9.98. The van der Waals surface area contributed by atoms with Crippen molar-refractivity contribution in [1.29, 1.82) is 0 Å². The standard InChI is InChI=1S/C6H14O2.BO3.3K/c1-2-3-4-6(8)5-7;2-1(3)4;;;/h6-8H,2-5H2,1H3;;;;/q;-3;3*+1. The number of unbranched alkanes of at least 4 members (excludes halogenated alkanes) is 1. The molecule has 0 spiro atoms. The van der Waals surface area contributed by atoms with Crippen LogP contribution in [0, 0.1) is 0 Å². The molecule has 0 aliphatic carbocycles. The molecular weight excluding hydrogens is 280 g/mol. The second kappa shape index (κ2) is 27.2. The predicted molar refractivity (Wildman–Crippen MR) is 38.4 cm³/mol. The third-order valence-corrected chi connectivity index (χ3v) is 1.10. The van der Waals surface area contributed by atoms with E-state index < -0.39 is 13.4 Å². The Balaban J connectivity index is -0.0000000424. The summed E-state index contributed by atoms with van der Waals surface area (Å²) in [4.78, 5) is 0. The van der Waals surface area contributed by atoms with Crippen molar-refractivity contribution in [3.8, 4) is 0 Å². The van der Waals surface area contributed by atoms with Gasteiger partial charge in [0.05, 0.1) is 12.7 Å². The first-order chi connectivity index (χ1) is 5.54. The molecule has 0 amide bonds. The molecule has 2 N–H and O–H groups in total.